The second-order valence-electron chi connectivity index (χ2n) is 18.4. The third kappa shape index (κ3) is 55.2. The van der Waals surface area contributed by atoms with Crippen LogP contribution in [0.4, 0.5) is 0 Å². The van der Waals surface area contributed by atoms with Crippen LogP contribution in [0.5, 0.6) is 0 Å². The van der Waals surface area contributed by atoms with E-state index in [4.69, 9.17) is 14.2 Å². The minimum Gasteiger partial charge on any atom is -0.462 e. The van der Waals surface area contributed by atoms with Crippen molar-refractivity contribution in [2.24, 2.45) is 0 Å². The minimum atomic E-state index is -0.568. The maximum absolute atomic E-state index is 12.8. The van der Waals surface area contributed by atoms with Gasteiger partial charge in [0, 0.05) is 19.4 Å². The van der Waals surface area contributed by atoms with E-state index in [0.717, 1.165) is 116 Å². The summed E-state index contributed by atoms with van der Waals surface area (Å²) in [5.41, 5.74) is 0. The molecule has 0 aliphatic heterocycles. The summed E-state index contributed by atoms with van der Waals surface area (Å²) in [7, 11) is 0. The number of ether oxygens (including phenoxy) is 3. The molecule has 5 heteroatoms. The second-order valence-corrected chi connectivity index (χ2v) is 18.4. The molecule has 0 aliphatic rings. The van der Waals surface area contributed by atoms with Crippen molar-refractivity contribution in [1.82, 2.24) is 0 Å². The second kappa shape index (κ2) is 57.9. The molecule has 0 rings (SSSR count). The molecule has 0 spiro atoms. The molecule has 0 heterocycles. The minimum absolute atomic E-state index is 0.0592. The van der Waals surface area contributed by atoms with Gasteiger partial charge in [-0.1, -0.05) is 220 Å². The lowest BCUT2D eigenvalue weighted by Crippen LogP contribution is -2.30. The fourth-order valence-corrected chi connectivity index (χ4v) is 7.54. The maximum Gasteiger partial charge on any atom is 0.306 e. The molecular formula is C63H106O5. The summed E-state index contributed by atoms with van der Waals surface area (Å²) in [4.78, 5) is 25.5. The van der Waals surface area contributed by atoms with Crippen LogP contribution in [-0.4, -0.2) is 37.9 Å². The molecule has 0 amide bonds. The molecule has 68 heavy (non-hydrogen) atoms. The van der Waals surface area contributed by atoms with Gasteiger partial charge < -0.3 is 14.2 Å². The normalized spacial score (nSPS) is 13.0. The Balaban J connectivity index is 4.38. The van der Waals surface area contributed by atoms with Crippen molar-refractivity contribution < 1.29 is 23.8 Å². The Labute approximate surface area is 421 Å². The van der Waals surface area contributed by atoms with Crippen molar-refractivity contribution in [3.05, 3.63) is 109 Å². The van der Waals surface area contributed by atoms with Crippen LogP contribution in [0.1, 0.15) is 252 Å². The molecule has 0 aliphatic carbocycles. The molecule has 0 N–H and O–H groups in total. The number of rotatable bonds is 51. The van der Waals surface area contributed by atoms with Gasteiger partial charge in [-0.15, -0.1) is 0 Å². The SMILES string of the molecule is CC/C=C\C/C=C\C/C=C\C/C=C\C/C=C\CCCCCCOCC(COC(=O)CCCCCCCCC/C=C\C/C=C\CCCCC)OC(=O)CCCCCCC/C=C\C/C=C\CCCCC. The topological polar surface area (TPSA) is 61.8 Å². The highest BCUT2D eigenvalue weighted by Gasteiger charge is 2.17. The Morgan fingerprint density at radius 2 is 0.662 bits per heavy atom. The summed E-state index contributed by atoms with van der Waals surface area (Å²) in [5, 5.41) is 0. The van der Waals surface area contributed by atoms with E-state index in [1.54, 1.807) is 0 Å². The molecule has 1 atom stereocenters. The Morgan fingerprint density at radius 3 is 1.06 bits per heavy atom. The summed E-state index contributed by atoms with van der Waals surface area (Å²) in [5.74, 6) is -0.438. The Bertz CT molecular complexity index is 1340. The molecule has 0 aromatic heterocycles. The van der Waals surface area contributed by atoms with Crippen molar-refractivity contribution in [2.75, 3.05) is 19.8 Å². The van der Waals surface area contributed by atoms with Gasteiger partial charge in [-0.25, -0.2) is 0 Å². The lowest BCUT2D eigenvalue weighted by Gasteiger charge is -2.18. The van der Waals surface area contributed by atoms with E-state index in [2.05, 4.69) is 130 Å². The van der Waals surface area contributed by atoms with Crippen LogP contribution in [0.15, 0.2) is 109 Å². The van der Waals surface area contributed by atoms with E-state index in [-0.39, 0.29) is 25.2 Å². The summed E-state index contributed by atoms with van der Waals surface area (Å²) < 4.78 is 17.4. The van der Waals surface area contributed by atoms with E-state index in [9.17, 15) is 9.59 Å². The van der Waals surface area contributed by atoms with Gasteiger partial charge in [0.15, 0.2) is 6.10 Å². The van der Waals surface area contributed by atoms with Crippen LogP contribution in [-0.2, 0) is 23.8 Å². The lowest BCUT2D eigenvalue weighted by molar-refractivity contribution is -0.163. The average Bonchev–Trinajstić information content (AvgIpc) is 3.34. The molecular weight excluding hydrogens is 837 g/mol. The molecule has 0 radical (unpaired) electrons. The highest BCUT2D eigenvalue weighted by molar-refractivity contribution is 5.70. The van der Waals surface area contributed by atoms with Gasteiger partial charge in [0.1, 0.15) is 6.61 Å². The standard InChI is InChI=1S/C63H106O5/c1-4-7-10-13-16-19-22-25-28-30-31-32-34-37-40-43-46-49-52-55-58-66-59-61(68-63(65)57-54-51-48-45-42-39-35-27-24-21-18-15-12-9-6-3)60-67-62(64)56-53-50-47-44-41-38-36-33-29-26-23-20-17-14-11-8-5-2/h7,10,16-21,25-29,31-32,35,37,40,61H,4-6,8-9,11-15,22-24,30,33-34,36,38-39,41-60H2,1-3H3/b10-7-,19-16-,20-17-,21-18-,28-25-,29-26-,32-31-,35-27-,40-37-. The predicted octanol–water partition coefficient (Wildman–Crippen LogP) is 19.6. The van der Waals surface area contributed by atoms with Crippen molar-refractivity contribution >= 4 is 11.9 Å². The van der Waals surface area contributed by atoms with Crippen LogP contribution in [0.25, 0.3) is 0 Å². The highest BCUT2D eigenvalue weighted by Crippen LogP contribution is 2.13. The van der Waals surface area contributed by atoms with Crippen LogP contribution in [0.3, 0.4) is 0 Å². The summed E-state index contributed by atoms with van der Waals surface area (Å²) in [6.07, 6.45) is 79.6. The fourth-order valence-electron chi connectivity index (χ4n) is 7.54. The molecule has 0 saturated heterocycles. The van der Waals surface area contributed by atoms with Crippen molar-refractivity contribution in [3.63, 3.8) is 0 Å². The van der Waals surface area contributed by atoms with Crippen molar-refractivity contribution in [3.8, 4) is 0 Å². The van der Waals surface area contributed by atoms with E-state index >= 15 is 0 Å². The monoisotopic (exact) mass is 943 g/mol. The highest BCUT2D eigenvalue weighted by atomic mass is 16.6. The first-order valence-corrected chi connectivity index (χ1v) is 28.4. The number of unbranched alkanes of at least 4 members (excludes halogenated alkanes) is 22. The van der Waals surface area contributed by atoms with Crippen molar-refractivity contribution in [1.29, 1.82) is 0 Å². The number of allylic oxidation sites excluding steroid dienone is 18. The van der Waals surface area contributed by atoms with Gasteiger partial charge in [-0.2, -0.15) is 0 Å². The third-order valence-electron chi connectivity index (χ3n) is 11.8. The van der Waals surface area contributed by atoms with Gasteiger partial charge >= 0.3 is 11.9 Å². The van der Waals surface area contributed by atoms with Crippen LogP contribution in [0.2, 0.25) is 0 Å². The fraction of sp³-hybridized carbons (Fsp3) is 0.683. The Kier molecular flexibility index (Phi) is 54.9. The molecule has 0 fully saturated rings. The molecule has 0 aromatic carbocycles. The quantitative estimate of drug-likeness (QED) is 0.0345. The predicted molar refractivity (Wildman–Crippen MR) is 297 cm³/mol. The Morgan fingerprint density at radius 1 is 0.338 bits per heavy atom. The zero-order valence-corrected chi connectivity index (χ0v) is 44.6. The smallest absolute Gasteiger partial charge is 0.306 e. The summed E-state index contributed by atoms with van der Waals surface area (Å²) >= 11 is 0. The van der Waals surface area contributed by atoms with Gasteiger partial charge in [0.05, 0.1) is 6.61 Å². The number of esters is 2. The molecule has 5 nitrogen and oxygen atoms in total. The van der Waals surface area contributed by atoms with Gasteiger partial charge in [0.25, 0.3) is 0 Å². The number of carbonyl (C=O) groups excluding carboxylic acids is 2. The summed E-state index contributed by atoms with van der Waals surface area (Å²) in [6.45, 7) is 7.59. The lowest BCUT2D eigenvalue weighted by atomic mass is 10.1. The number of hydrogen-bond donors (Lipinski definition) is 0. The first-order chi connectivity index (χ1) is 33.6. The van der Waals surface area contributed by atoms with Gasteiger partial charge in [-0.05, 0) is 128 Å². The first-order valence-electron chi connectivity index (χ1n) is 28.4. The van der Waals surface area contributed by atoms with Gasteiger partial charge in [0.2, 0.25) is 0 Å². The first kappa shape index (κ1) is 64.6. The number of carbonyl (C=O) groups is 2. The molecule has 0 saturated carbocycles. The van der Waals surface area contributed by atoms with E-state index in [1.165, 1.54) is 103 Å². The molecule has 0 aromatic rings. The van der Waals surface area contributed by atoms with Crippen molar-refractivity contribution in [2.45, 2.75) is 258 Å². The molecule has 388 valence electrons. The zero-order chi connectivity index (χ0) is 49.2. The van der Waals surface area contributed by atoms with Crippen LogP contribution >= 0.6 is 0 Å². The van der Waals surface area contributed by atoms with Gasteiger partial charge in [-0.3, -0.25) is 9.59 Å². The largest absolute Gasteiger partial charge is 0.462 e. The maximum atomic E-state index is 12.8. The molecule has 0 bridgehead atoms. The van der Waals surface area contributed by atoms with E-state index in [0.29, 0.717) is 19.4 Å². The Hall–Kier alpha value is -3.44. The zero-order valence-electron chi connectivity index (χ0n) is 44.6. The third-order valence-corrected chi connectivity index (χ3v) is 11.8. The van der Waals surface area contributed by atoms with E-state index in [1.807, 2.05) is 0 Å². The molecule has 1 unspecified atom stereocenters. The van der Waals surface area contributed by atoms with Crippen LogP contribution in [0, 0.1) is 0 Å². The average molecular weight is 944 g/mol. The summed E-state index contributed by atoms with van der Waals surface area (Å²) in [6, 6.07) is 0. The van der Waals surface area contributed by atoms with E-state index < -0.39 is 6.10 Å². The number of hydrogen-bond acceptors (Lipinski definition) is 5. The van der Waals surface area contributed by atoms with Crippen LogP contribution < -0.4 is 0 Å².